The summed E-state index contributed by atoms with van der Waals surface area (Å²) in [4.78, 5) is 7.07. The van der Waals surface area contributed by atoms with Crippen molar-refractivity contribution < 1.29 is 0 Å². The predicted molar refractivity (Wildman–Crippen MR) is 117 cm³/mol. The SMILES string of the molecule is CN=C(NCC(C)c1cccc(C)c1)NC1CCN(C2CC2)CC1.I. The number of nitrogens with one attached hydrogen (secondary N) is 2. The molecule has 0 bridgehead atoms. The van der Waals surface area contributed by atoms with Gasteiger partial charge in [0.2, 0.25) is 0 Å². The second-order valence-electron chi connectivity index (χ2n) is 7.45. The van der Waals surface area contributed by atoms with Crippen LogP contribution < -0.4 is 10.6 Å². The van der Waals surface area contributed by atoms with E-state index in [9.17, 15) is 0 Å². The molecule has 1 aliphatic heterocycles. The first-order chi connectivity index (χ1) is 11.7. The van der Waals surface area contributed by atoms with Gasteiger partial charge in [0.1, 0.15) is 0 Å². The fourth-order valence-electron chi connectivity index (χ4n) is 3.58. The van der Waals surface area contributed by atoms with Gasteiger partial charge < -0.3 is 15.5 Å². The lowest BCUT2D eigenvalue weighted by molar-refractivity contribution is 0.197. The maximum atomic E-state index is 4.41. The third kappa shape index (κ3) is 6.13. The average Bonchev–Trinajstić information content (AvgIpc) is 3.44. The van der Waals surface area contributed by atoms with E-state index in [1.807, 2.05) is 7.05 Å². The van der Waals surface area contributed by atoms with Crippen molar-refractivity contribution in [3.8, 4) is 0 Å². The van der Waals surface area contributed by atoms with Crippen molar-refractivity contribution in [3.05, 3.63) is 35.4 Å². The maximum absolute atomic E-state index is 4.41. The number of piperidine rings is 1. The topological polar surface area (TPSA) is 39.7 Å². The van der Waals surface area contributed by atoms with E-state index in [1.165, 1.54) is 49.9 Å². The van der Waals surface area contributed by atoms with Gasteiger partial charge in [-0.3, -0.25) is 4.99 Å². The number of halogens is 1. The van der Waals surface area contributed by atoms with Crippen LogP contribution in [0.15, 0.2) is 29.3 Å². The number of hydrogen-bond donors (Lipinski definition) is 2. The van der Waals surface area contributed by atoms with Gasteiger partial charge in [-0.15, -0.1) is 24.0 Å². The lowest BCUT2D eigenvalue weighted by Crippen LogP contribution is -2.49. The molecule has 0 spiro atoms. The summed E-state index contributed by atoms with van der Waals surface area (Å²) in [5.41, 5.74) is 2.71. The summed E-state index contributed by atoms with van der Waals surface area (Å²) in [6.45, 7) is 7.80. The molecule has 4 nitrogen and oxygen atoms in total. The first kappa shape index (κ1) is 20.5. The summed E-state index contributed by atoms with van der Waals surface area (Å²) in [5, 5.41) is 7.12. The molecule has 2 N–H and O–H groups in total. The quantitative estimate of drug-likeness (QED) is 0.405. The van der Waals surface area contributed by atoms with E-state index in [1.54, 1.807) is 0 Å². The van der Waals surface area contributed by atoms with E-state index < -0.39 is 0 Å². The van der Waals surface area contributed by atoms with Crippen LogP contribution in [0.2, 0.25) is 0 Å². The minimum absolute atomic E-state index is 0. The highest BCUT2D eigenvalue weighted by molar-refractivity contribution is 14.0. The summed E-state index contributed by atoms with van der Waals surface area (Å²) in [6.07, 6.45) is 5.28. The summed E-state index contributed by atoms with van der Waals surface area (Å²) in [7, 11) is 1.87. The van der Waals surface area contributed by atoms with Crippen molar-refractivity contribution in [2.45, 2.75) is 57.5 Å². The summed E-state index contributed by atoms with van der Waals surface area (Å²) in [6, 6.07) is 10.2. The number of rotatable bonds is 5. The zero-order chi connectivity index (χ0) is 16.9. The molecule has 1 aliphatic carbocycles. The number of benzene rings is 1. The minimum atomic E-state index is 0. The molecule has 5 heteroatoms. The van der Waals surface area contributed by atoms with E-state index in [-0.39, 0.29) is 24.0 Å². The Morgan fingerprint density at radius 3 is 2.56 bits per heavy atom. The van der Waals surface area contributed by atoms with Crippen molar-refractivity contribution in [2.75, 3.05) is 26.7 Å². The molecule has 1 aromatic carbocycles. The molecule has 3 rings (SSSR count). The number of aryl methyl sites for hydroxylation is 1. The van der Waals surface area contributed by atoms with E-state index in [2.05, 4.69) is 58.6 Å². The van der Waals surface area contributed by atoms with Gasteiger partial charge in [-0.05, 0) is 44.1 Å². The Bertz CT molecular complexity index is 563. The van der Waals surface area contributed by atoms with E-state index in [0.29, 0.717) is 12.0 Å². The van der Waals surface area contributed by atoms with Crippen molar-refractivity contribution in [3.63, 3.8) is 0 Å². The lowest BCUT2D eigenvalue weighted by Gasteiger charge is -2.33. The van der Waals surface area contributed by atoms with Gasteiger partial charge >= 0.3 is 0 Å². The van der Waals surface area contributed by atoms with Crippen LogP contribution >= 0.6 is 24.0 Å². The number of likely N-dealkylation sites (tertiary alicyclic amines) is 1. The summed E-state index contributed by atoms with van der Waals surface area (Å²) < 4.78 is 0. The zero-order valence-electron chi connectivity index (χ0n) is 15.8. The standard InChI is InChI=1S/C20H32N4.HI/c1-15-5-4-6-17(13-15)16(2)14-22-20(21-3)23-18-9-11-24(12-10-18)19-7-8-19;/h4-6,13,16,18-19H,7-12,14H2,1-3H3,(H2,21,22,23);1H. The van der Waals surface area contributed by atoms with Crippen LogP contribution in [0.5, 0.6) is 0 Å². The second-order valence-corrected chi connectivity index (χ2v) is 7.45. The van der Waals surface area contributed by atoms with Gasteiger partial charge in [0.15, 0.2) is 5.96 Å². The van der Waals surface area contributed by atoms with Crippen LogP contribution in [-0.2, 0) is 0 Å². The molecule has 25 heavy (non-hydrogen) atoms. The van der Waals surface area contributed by atoms with Gasteiger partial charge in [0.05, 0.1) is 0 Å². The molecule has 1 atom stereocenters. The van der Waals surface area contributed by atoms with Crippen LogP contribution in [0.1, 0.15) is 49.7 Å². The summed E-state index contributed by atoms with van der Waals surface area (Å²) in [5.74, 6) is 1.42. The van der Waals surface area contributed by atoms with Crippen molar-refractivity contribution in [1.82, 2.24) is 15.5 Å². The molecular weight excluding hydrogens is 423 g/mol. The molecule has 2 fully saturated rings. The van der Waals surface area contributed by atoms with Crippen LogP contribution in [0.4, 0.5) is 0 Å². The molecule has 1 unspecified atom stereocenters. The smallest absolute Gasteiger partial charge is 0.191 e. The Balaban J connectivity index is 0.00000225. The van der Waals surface area contributed by atoms with Gasteiger partial charge in [0, 0.05) is 38.8 Å². The highest BCUT2D eigenvalue weighted by Gasteiger charge is 2.31. The highest BCUT2D eigenvalue weighted by Crippen LogP contribution is 2.29. The second kappa shape index (κ2) is 9.76. The number of hydrogen-bond acceptors (Lipinski definition) is 2. The Labute approximate surface area is 169 Å². The molecule has 0 amide bonds. The Hall–Kier alpha value is -0.820. The van der Waals surface area contributed by atoms with E-state index >= 15 is 0 Å². The molecule has 2 aliphatic rings. The van der Waals surface area contributed by atoms with E-state index in [4.69, 9.17) is 0 Å². The molecule has 0 radical (unpaired) electrons. The van der Waals surface area contributed by atoms with Crippen LogP contribution in [0.25, 0.3) is 0 Å². The zero-order valence-corrected chi connectivity index (χ0v) is 18.1. The molecular formula is C20H33IN4. The first-order valence-electron chi connectivity index (χ1n) is 9.43. The van der Waals surface area contributed by atoms with E-state index in [0.717, 1.165) is 18.5 Å². The van der Waals surface area contributed by atoms with Crippen molar-refractivity contribution in [2.24, 2.45) is 4.99 Å². The molecule has 1 heterocycles. The van der Waals surface area contributed by atoms with Gasteiger partial charge in [0.25, 0.3) is 0 Å². The fourth-order valence-corrected chi connectivity index (χ4v) is 3.58. The number of nitrogens with zero attached hydrogens (tertiary/aromatic N) is 2. The largest absolute Gasteiger partial charge is 0.356 e. The Morgan fingerprint density at radius 1 is 1.24 bits per heavy atom. The summed E-state index contributed by atoms with van der Waals surface area (Å²) >= 11 is 0. The number of guanidine groups is 1. The van der Waals surface area contributed by atoms with Crippen LogP contribution in [-0.4, -0.2) is 49.6 Å². The molecule has 140 valence electrons. The van der Waals surface area contributed by atoms with Crippen LogP contribution in [0, 0.1) is 6.92 Å². The monoisotopic (exact) mass is 456 g/mol. The van der Waals surface area contributed by atoms with Gasteiger partial charge in [-0.2, -0.15) is 0 Å². The maximum Gasteiger partial charge on any atom is 0.191 e. The van der Waals surface area contributed by atoms with Crippen molar-refractivity contribution >= 4 is 29.9 Å². The van der Waals surface area contributed by atoms with Crippen molar-refractivity contribution in [1.29, 1.82) is 0 Å². The predicted octanol–water partition coefficient (Wildman–Crippen LogP) is 3.51. The van der Waals surface area contributed by atoms with Crippen LogP contribution in [0.3, 0.4) is 0 Å². The third-order valence-corrected chi connectivity index (χ3v) is 5.34. The molecule has 1 saturated carbocycles. The molecule has 0 aromatic heterocycles. The van der Waals surface area contributed by atoms with Gasteiger partial charge in [-0.1, -0.05) is 36.8 Å². The lowest BCUT2D eigenvalue weighted by atomic mass is 9.99. The Morgan fingerprint density at radius 2 is 1.96 bits per heavy atom. The molecule has 1 aromatic rings. The molecule has 1 saturated heterocycles. The minimum Gasteiger partial charge on any atom is -0.356 e. The first-order valence-corrected chi connectivity index (χ1v) is 9.43. The fraction of sp³-hybridized carbons (Fsp3) is 0.650. The highest BCUT2D eigenvalue weighted by atomic mass is 127. The normalized spacial score (nSPS) is 20.7. The number of aliphatic imine (C=N–C) groups is 1. The third-order valence-electron chi connectivity index (χ3n) is 5.34. The average molecular weight is 456 g/mol. The Kier molecular flexibility index (Phi) is 8.00. The van der Waals surface area contributed by atoms with Gasteiger partial charge in [-0.25, -0.2) is 0 Å².